The van der Waals surface area contributed by atoms with Crippen LogP contribution >= 0.6 is 23.4 Å². The highest BCUT2D eigenvalue weighted by Gasteiger charge is 2.06. The van der Waals surface area contributed by atoms with Crippen LogP contribution < -0.4 is 10.1 Å². The minimum Gasteiger partial charge on any atom is -0.497 e. The summed E-state index contributed by atoms with van der Waals surface area (Å²) in [5.74, 6) is 0.326. The quantitative estimate of drug-likeness (QED) is 0.836. The van der Waals surface area contributed by atoms with Crippen LogP contribution in [0.2, 0.25) is 5.02 Å². The molecule has 110 valence electrons. The van der Waals surface area contributed by atoms with E-state index in [1.54, 1.807) is 7.11 Å². The number of thioether (sulfide) groups is 1. The Morgan fingerprint density at radius 2 is 2.00 bits per heavy atom. The first-order chi connectivity index (χ1) is 10.1. The van der Waals surface area contributed by atoms with Gasteiger partial charge in [-0.15, -0.1) is 11.8 Å². The number of halogens is 2. The zero-order chi connectivity index (χ0) is 15.2. The molecule has 3 nitrogen and oxygen atoms in total. The highest BCUT2D eigenvalue weighted by molar-refractivity contribution is 8.00. The maximum absolute atomic E-state index is 13.0. The molecule has 1 amide bonds. The zero-order valence-electron chi connectivity index (χ0n) is 11.2. The molecule has 0 fully saturated rings. The molecule has 0 atom stereocenters. The van der Waals surface area contributed by atoms with E-state index in [4.69, 9.17) is 16.3 Å². The molecule has 0 saturated carbocycles. The van der Waals surface area contributed by atoms with Gasteiger partial charge in [-0.05, 0) is 42.5 Å². The van der Waals surface area contributed by atoms with Gasteiger partial charge in [-0.1, -0.05) is 11.6 Å². The number of hydrogen-bond acceptors (Lipinski definition) is 3. The van der Waals surface area contributed by atoms with E-state index in [9.17, 15) is 9.18 Å². The molecule has 0 saturated heterocycles. The minimum absolute atomic E-state index is 0.0180. The van der Waals surface area contributed by atoms with Crippen LogP contribution in [0.25, 0.3) is 0 Å². The number of carbonyl (C=O) groups excluding carboxylic acids is 1. The van der Waals surface area contributed by atoms with Crippen molar-refractivity contribution in [2.24, 2.45) is 0 Å². The lowest BCUT2D eigenvalue weighted by molar-refractivity contribution is -0.113. The van der Waals surface area contributed by atoms with Crippen LogP contribution in [-0.2, 0) is 4.79 Å². The van der Waals surface area contributed by atoms with E-state index in [1.165, 1.54) is 30.0 Å². The van der Waals surface area contributed by atoms with Gasteiger partial charge >= 0.3 is 0 Å². The number of benzene rings is 2. The van der Waals surface area contributed by atoms with E-state index >= 15 is 0 Å². The Morgan fingerprint density at radius 3 is 2.62 bits per heavy atom. The minimum atomic E-state index is -0.512. The van der Waals surface area contributed by atoms with Crippen LogP contribution in [0.4, 0.5) is 10.1 Å². The van der Waals surface area contributed by atoms with Crippen molar-refractivity contribution in [2.75, 3.05) is 18.2 Å². The number of amides is 1. The van der Waals surface area contributed by atoms with E-state index in [0.717, 1.165) is 10.6 Å². The molecule has 2 rings (SSSR count). The third-order valence-corrected chi connectivity index (χ3v) is 3.93. The average molecular weight is 326 g/mol. The van der Waals surface area contributed by atoms with Gasteiger partial charge in [-0.3, -0.25) is 4.79 Å². The molecular weight excluding hydrogens is 313 g/mol. The molecule has 1 N–H and O–H groups in total. The van der Waals surface area contributed by atoms with Crippen molar-refractivity contribution in [1.82, 2.24) is 0 Å². The summed E-state index contributed by atoms with van der Waals surface area (Å²) in [6.07, 6.45) is 0. The normalized spacial score (nSPS) is 10.2. The molecule has 21 heavy (non-hydrogen) atoms. The summed E-state index contributed by atoms with van der Waals surface area (Å²) >= 11 is 7.06. The Morgan fingerprint density at radius 1 is 1.29 bits per heavy atom. The molecule has 0 bridgehead atoms. The van der Waals surface area contributed by atoms with Crippen molar-refractivity contribution in [2.45, 2.75) is 4.90 Å². The molecule has 6 heteroatoms. The van der Waals surface area contributed by atoms with Crippen LogP contribution in [0.3, 0.4) is 0 Å². The summed E-state index contributed by atoms with van der Waals surface area (Å²) in [7, 11) is 1.60. The van der Waals surface area contributed by atoms with Crippen molar-refractivity contribution in [3.8, 4) is 5.75 Å². The standard InChI is InChI=1S/C15H13ClFNO2S/c1-20-11-3-5-12(6-4-11)21-9-15(19)18-10-2-7-14(17)13(16)8-10/h2-8H,9H2,1H3,(H,18,19). The first-order valence-corrected chi connectivity index (χ1v) is 7.46. The number of rotatable bonds is 5. The summed E-state index contributed by atoms with van der Waals surface area (Å²) in [5, 5.41) is 2.65. The third kappa shape index (κ3) is 4.65. The highest BCUT2D eigenvalue weighted by atomic mass is 35.5. The molecule has 0 heterocycles. The molecule has 2 aromatic carbocycles. The lowest BCUT2D eigenvalue weighted by Gasteiger charge is -2.06. The second-order valence-electron chi connectivity index (χ2n) is 4.14. The Labute approximate surface area is 131 Å². The molecule has 2 aromatic rings. The van der Waals surface area contributed by atoms with Gasteiger partial charge in [0.15, 0.2) is 0 Å². The summed E-state index contributed by atoms with van der Waals surface area (Å²) in [6, 6.07) is 11.5. The molecule has 0 aliphatic carbocycles. The average Bonchev–Trinajstić information content (AvgIpc) is 2.49. The monoisotopic (exact) mass is 325 g/mol. The van der Waals surface area contributed by atoms with E-state index in [-0.39, 0.29) is 16.7 Å². The van der Waals surface area contributed by atoms with E-state index in [1.807, 2.05) is 24.3 Å². The van der Waals surface area contributed by atoms with Crippen molar-refractivity contribution in [3.05, 3.63) is 53.3 Å². The Kier molecular flexibility index (Phi) is 5.47. The lowest BCUT2D eigenvalue weighted by atomic mass is 10.3. The predicted octanol–water partition coefficient (Wildman–Crippen LogP) is 4.22. The van der Waals surface area contributed by atoms with Crippen molar-refractivity contribution in [3.63, 3.8) is 0 Å². The Bertz CT molecular complexity index is 634. The van der Waals surface area contributed by atoms with Gasteiger partial charge in [0.1, 0.15) is 11.6 Å². The second-order valence-corrected chi connectivity index (χ2v) is 5.60. The maximum atomic E-state index is 13.0. The number of carbonyl (C=O) groups is 1. The van der Waals surface area contributed by atoms with Crippen LogP contribution in [0.15, 0.2) is 47.4 Å². The summed E-state index contributed by atoms with van der Waals surface area (Å²) in [5.41, 5.74) is 0.474. The van der Waals surface area contributed by atoms with Gasteiger partial charge in [0.25, 0.3) is 0 Å². The molecule has 0 spiro atoms. The van der Waals surface area contributed by atoms with Gasteiger partial charge < -0.3 is 10.1 Å². The van der Waals surface area contributed by atoms with E-state index in [2.05, 4.69) is 5.32 Å². The summed E-state index contributed by atoms with van der Waals surface area (Å²) in [4.78, 5) is 12.8. The van der Waals surface area contributed by atoms with Gasteiger partial charge in [0.05, 0.1) is 17.9 Å². The van der Waals surface area contributed by atoms with Gasteiger partial charge in [0.2, 0.25) is 5.91 Å². The Balaban J connectivity index is 1.87. The van der Waals surface area contributed by atoms with Crippen LogP contribution in [0.5, 0.6) is 5.75 Å². The molecule has 0 radical (unpaired) electrons. The number of nitrogens with one attached hydrogen (secondary N) is 1. The topological polar surface area (TPSA) is 38.3 Å². The predicted molar refractivity (Wildman–Crippen MR) is 83.8 cm³/mol. The molecular formula is C15H13ClFNO2S. The smallest absolute Gasteiger partial charge is 0.234 e. The first kappa shape index (κ1) is 15.7. The summed E-state index contributed by atoms with van der Waals surface area (Å²) in [6.45, 7) is 0. The summed E-state index contributed by atoms with van der Waals surface area (Å²) < 4.78 is 18.1. The van der Waals surface area contributed by atoms with E-state index < -0.39 is 5.82 Å². The van der Waals surface area contributed by atoms with Gasteiger partial charge in [0, 0.05) is 10.6 Å². The number of methoxy groups -OCH3 is 1. The van der Waals surface area contributed by atoms with Crippen molar-refractivity contribution < 1.29 is 13.9 Å². The van der Waals surface area contributed by atoms with Crippen LogP contribution in [0, 0.1) is 5.82 Å². The second kappa shape index (κ2) is 7.33. The lowest BCUT2D eigenvalue weighted by Crippen LogP contribution is -2.13. The van der Waals surface area contributed by atoms with Crippen molar-refractivity contribution in [1.29, 1.82) is 0 Å². The van der Waals surface area contributed by atoms with Crippen LogP contribution in [-0.4, -0.2) is 18.8 Å². The number of hydrogen-bond donors (Lipinski definition) is 1. The Hall–Kier alpha value is -1.72. The molecule has 0 aromatic heterocycles. The molecule has 0 aliphatic heterocycles. The fraction of sp³-hybridized carbons (Fsp3) is 0.133. The maximum Gasteiger partial charge on any atom is 0.234 e. The molecule has 0 unspecified atom stereocenters. The van der Waals surface area contributed by atoms with Gasteiger partial charge in [-0.25, -0.2) is 4.39 Å². The SMILES string of the molecule is COc1ccc(SCC(=O)Nc2ccc(F)c(Cl)c2)cc1. The third-order valence-electron chi connectivity index (χ3n) is 2.63. The van der Waals surface area contributed by atoms with E-state index in [0.29, 0.717) is 5.69 Å². The number of ether oxygens (including phenoxy) is 1. The highest BCUT2D eigenvalue weighted by Crippen LogP contribution is 2.22. The fourth-order valence-corrected chi connectivity index (χ4v) is 2.47. The number of anilines is 1. The van der Waals surface area contributed by atoms with Crippen LogP contribution in [0.1, 0.15) is 0 Å². The molecule has 0 aliphatic rings. The van der Waals surface area contributed by atoms with Crippen molar-refractivity contribution >= 4 is 35.0 Å². The fourth-order valence-electron chi connectivity index (χ4n) is 1.59. The largest absolute Gasteiger partial charge is 0.497 e. The van der Waals surface area contributed by atoms with Gasteiger partial charge in [-0.2, -0.15) is 0 Å². The zero-order valence-corrected chi connectivity index (χ0v) is 12.8. The first-order valence-electron chi connectivity index (χ1n) is 6.10.